The summed E-state index contributed by atoms with van der Waals surface area (Å²) in [5, 5.41) is 33.3. The summed E-state index contributed by atoms with van der Waals surface area (Å²) in [5.74, 6) is -3.74. The number of cyclic esters (lactones) is 1. The van der Waals surface area contributed by atoms with E-state index < -0.39 is 104 Å². The summed E-state index contributed by atoms with van der Waals surface area (Å²) in [5.41, 5.74) is -1.10. The van der Waals surface area contributed by atoms with E-state index in [-0.39, 0.29) is 43.3 Å². The number of esters is 1. The van der Waals surface area contributed by atoms with Crippen LogP contribution in [0.25, 0.3) is 0 Å². The van der Waals surface area contributed by atoms with Gasteiger partial charge in [-0.3, -0.25) is 9.59 Å². The van der Waals surface area contributed by atoms with Crippen molar-refractivity contribution in [1.29, 1.82) is 0 Å². The first-order valence-electron chi connectivity index (χ1n) is 18.4. The highest BCUT2D eigenvalue weighted by molar-refractivity contribution is 7.45. The molecule has 4 heterocycles. The van der Waals surface area contributed by atoms with Gasteiger partial charge in [-0.25, -0.2) is 4.57 Å². The minimum Gasteiger partial charge on any atom is -0.462 e. The Labute approximate surface area is 312 Å². The zero-order valence-corrected chi connectivity index (χ0v) is 33.7. The summed E-state index contributed by atoms with van der Waals surface area (Å²) >= 11 is 0. The van der Waals surface area contributed by atoms with Gasteiger partial charge in [-0.15, -0.1) is 0 Å². The molecule has 0 aliphatic carbocycles. The molecule has 18 atom stereocenters. The van der Waals surface area contributed by atoms with Crippen molar-refractivity contribution in [2.45, 2.75) is 154 Å². The number of Topliss-reactive ketones (excluding diaryl/α,β-unsaturated/α-hetero) is 1. The fraction of sp³-hybridized carbons (Fsp3) is 0.943. The van der Waals surface area contributed by atoms with Crippen LogP contribution in [0.3, 0.4) is 0 Å². The first kappa shape index (κ1) is 46.2. The topological polar surface area (TPSA) is 244 Å². The molecule has 0 aromatic rings. The van der Waals surface area contributed by atoms with E-state index in [0.717, 1.165) is 0 Å². The molecule has 0 aromatic heterocycles. The number of methoxy groups -OCH3 is 1. The maximum Gasteiger partial charge on any atom is 0.466 e. The Morgan fingerprint density at radius 3 is 1.91 bits per heavy atom. The Morgan fingerprint density at radius 1 is 0.792 bits per heavy atom. The highest BCUT2D eigenvalue weighted by atomic mass is 31.2. The van der Waals surface area contributed by atoms with Crippen LogP contribution in [0, 0.1) is 29.6 Å². The van der Waals surface area contributed by atoms with E-state index >= 15 is 0 Å². The molecule has 17 nitrogen and oxygen atoms in total. The van der Waals surface area contributed by atoms with Gasteiger partial charge in [0, 0.05) is 37.3 Å². The lowest BCUT2D eigenvalue weighted by molar-refractivity contribution is -0.299. The standard InChI is InChI=1S/C35H61NO12.H3O4P/c1-16-14-35(15-43-35)32(40)19(4)27(37)18(3)22(7)46-33(41)21(6)31(47-26-13-25(42-11)28(38)23(8)45-26)20(5)30(16)48-34-29(39)24(36(9)10)12-17(2)44-34;1-5(2,3)4/h16-31,34,37-39H,12-15H2,1-11H3;(H3,1,2,3,4)/t16?,17?,18?,19?,20?,21?,22?,23?,24?,25?,26-,27?,28+,29?,30?,31+,34?,35+;/m1./s1. The second-order valence-electron chi connectivity index (χ2n) is 15.8. The Balaban J connectivity index is 0.00000141. The Morgan fingerprint density at radius 2 is 1.38 bits per heavy atom. The van der Waals surface area contributed by atoms with Crippen LogP contribution in [0.2, 0.25) is 0 Å². The quantitative estimate of drug-likeness (QED) is 0.125. The number of hydrogen-bond acceptors (Lipinski definition) is 14. The van der Waals surface area contributed by atoms with E-state index in [0.29, 0.717) is 6.42 Å². The van der Waals surface area contributed by atoms with E-state index in [1.54, 1.807) is 34.6 Å². The zero-order valence-electron chi connectivity index (χ0n) is 32.8. The predicted molar refractivity (Wildman–Crippen MR) is 188 cm³/mol. The first-order valence-corrected chi connectivity index (χ1v) is 20.0. The molecule has 0 aromatic carbocycles. The molecule has 1 spiro atoms. The molecule has 14 unspecified atom stereocenters. The third-order valence-corrected chi connectivity index (χ3v) is 11.4. The maximum atomic E-state index is 13.9. The third kappa shape index (κ3) is 11.9. The molecule has 4 aliphatic heterocycles. The van der Waals surface area contributed by atoms with E-state index in [2.05, 4.69) is 0 Å². The molecule has 6 N–H and O–H groups in total. The Kier molecular flexibility index (Phi) is 16.5. The van der Waals surface area contributed by atoms with Crippen molar-refractivity contribution in [2.24, 2.45) is 29.6 Å². The average Bonchev–Trinajstić information content (AvgIpc) is 3.85. The maximum absolute atomic E-state index is 13.9. The van der Waals surface area contributed by atoms with Crippen LogP contribution < -0.4 is 0 Å². The van der Waals surface area contributed by atoms with E-state index in [4.69, 9.17) is 52.4 Å². The fourth-order valence-electron chi connectivity index (χ4n) is 7.89. The number of aliphatic hydroxyl groups is 3. The molecular formula is C35H64NO16P. The predicted octanol–water partition coefficient (Wildman–Crippen LogP) is 0.980. The van der Waals surface area contributed by atoms with Crippen molar-refractivity contribution in [2.75, 3.05) is 27.8 Å². The van der Waals surface area contributed by atoms with Crippen LogP contribution in [0.4, 0.5) is 0 Å². The van der Waals surface area contributed by atoms with Crippen molar-refractivity contribution >= 4 is 19.6 Å². The summed E-state index contributed by atoms with van der Waals surface area (Å²) in [6.45, 7) is 14.6. The van der Waals surface area contributed by atoms with Crippen molar-refractivity contribution in [3.63, 3.8) is 0 Å². The number of aliphatic hydroxyl groups excluding tert-OH is 3. The van der Waals surface area contributed by atoms with Gasteiger partial charge in [0.25, 0.3) is 0 Å². The lowest BCUT2D eigenvalue weighted by Gasteiger charge is -2.46. The average molecular weight is 786 g/mol. The number of nitrogens with zero attached hydrogens (tertiary/aromatic N) is 1. The monoisotopic (exact) mass is 785 g/mol. The lowest BCUT2D eigenvalue weighted by atomic mass is 9.76. The van der Waals surface area contributed by atoms with Gasteiger partial charge in [0.15, 0.2) is 24.0 Å². The Hall–Kier alpha value is -1.15. The summed E-state index contributed by atoms with van der Waals surface area (Å²) in [4.78, 5) is 51.2. The minimum absolute atomic E-state index is 0.198. The number of phosphoric acid groups is 1. The SMILES string of the molecule is COC1C[C@@H](O[C@@H]2C(C)C(=O)OC(C)C(C)C(O)C(C)C(=O)[C@@]3(CO3)CC(C)C(OC3OC(C)CC(N(C)C)C3O)C2C)OC(C)[C@@H]1O.O=P(O)(O)O. The molecule has 4 aliphatic rings. The molecule has 310 valence electrons. The van der Waals surface area contributed by atoms with Crippen LogP contribution in [0.15, 0.2) is 0 Å². The number of hydrogen-bond donors (Lipinski definition) is 6. The van der Waals surface area contributed by atoms with Crippen molar-refractivity contribution in [3.8, 4) is 0 Å². The fourth-order valence-corrected chi connectivity index (χ4v) is 7.89. The summed E-state index contributed by atoms with van der Waals surface area (Å²) in [7, 11) is 0.685. The molecule has 0 amide bonds. The van der Waals surface area contributed by atoms with E-state index in [9.17, 15) is 24.9 Å². The zero-order chi connectivity index (χ0) is 40.3. The molecule has 0 bridgehead atoms. The van der Waals surface area contributed by atoms with Crippen LogP contribution in [-0.4, -0.2) is 154 Å². The molecule has 53 heavy (non-hydrogen) atoms. The highest BCUT2D eigenvalue weighted by Gasteiger charge is 2.57. The third-order valence-electron chi connectivity index (χ3n) is 11.4. The lowest BCUT2D eigenvalue weighted by Crippen LogP contribution is -2.57. The van der Waals surface area contributed by atoms with Crippen LogP contribution in [0.1, 0.15) is 74.7 Å². The van der Waals surface area contributed by atoms with Gasteiger partial charge in [-0.05, 0) is 60.5 Å². The van der Waals surface area contributed by atoms with Crippen molar-refractivity contribution < 1.29 is 77.3 Å². The van der Waals surface area contributed by atoms with Crippen LogP contribution >= 0.6 is 7.82 Å². The molecule has 0 radical (unpaired) electrons. The smallest absolute Gasteiger partial charge is 0.462 e. The second kappa shape index (κ2) is 18.9. The van der Waals surface area contributed by atoms with Crippen molar-refractivity contribution in [3.05, 3.63) is 0 Å². The molecule has 4 saturated heterocycles. The summed E-state index contributed by atoms with van der Waals surface area (Å²) < 4.78 is 51.9. The Bertz CT molecular complexity index is 1240. The number of ketones is 1. The van der Waals surface area contributed by atoms with E-state index in [1.165, 1.54) is 7.11 Å². The van der Waals surface area contributed by atoms with Crippen LogP contribution in [-0.2, 0) is 47.3 Å². The van der Waals surface area contributed by atoms with Crippen LogP contribution in [0.5, 0.6) is 0 Å². The van der Waals surface area contributed by atoms with E-state index in [1.807, 2.05) is 39.8 Å². The van der Waals surface area contributed by atoms with Gasteiger partial charge in [0.2, 0.25) is 0 Å². The van der Waals surface area contributed by atoms with Gasteiger partial charge in [0.1, 0.15) is 18.3 Å². The largest absolute Gasteiger partial charge is 0.466 e. The normalized spacial score (nSPS) is 46.3. The number of carbonyl (C=O) groups excluding carboxylic acids is 2. The van der Waals surface area contributed by atoms with Gasteiger partial charge < -0.3 is 68.1 Å². The molecule has 4 rings (SSSR count). The number of epoxide rings is 1. The summed E-state index contributed by atoms with van der Waals surface area (Å²) in [6, 6.07) is -0.219. The van der Waals surface area contributed by atoms with Gasteiger partial charge in [-0.2, -0.15) is 0 Å². The first-order chi connectivity index (χ1) is 24.4. The van der Waals surface area contributed by atoms with Crippen molar-refractivity contribution in [1.82, 2.24) is 4.90 Å². The number of ether oxygens (including phenoxy) is 7. The number of rotatable bonds is 6. The molecular weight excluding hydrogens is 721 g/mol. The molecule has 18 heteroatoms. The second-order valence-corrected chi connectivity index (χ2v) is 16.8. The minimum atomic E-state index is -4.64. The van der Waals surface area contributed by atoms with Gasteiger partial charge >= 0.3 is 13.8 Å². The number of likely N-dealkylation sites (N-methyl/N-ethyl adjacent to an activating group) is 1. The molecule has 4 fully saturated rings. The highest BCUT2D eigenvalue weighted by Crippen LogP contribution is 2.43. The number of carbonyl (C=O) groups is 2. The molecule has 0 saturated carbocycles. The van der Waals surface area contributed by atoms with Gasteiger partial charge in [0.05, 0.1) is 49.1 Å². The summed E-state index contributed by atoms with van der Waals surface area (Å²) in [6.07, 6.45) is -7.15. The van der Waals surface area contributed by atoms with Gasteiger partial charge in [-0.1, -0.05) is 27.7 Å².